The molecule has 0 amide bonds. The summed E-state index contributed by atoms with van der Waals surface area (Å²) < 4.78 is 7.99. The van der Waals surface area contributed by atoms with Gasteiger partial charge in [0.15, 0.2) is 0 Å². The zero-order chi connectivity index (χ0) is 14.2. The van der Waals surface area contributed by atoms with E-state index in [0.717, 1.165) is 27.7 Å². The third kappa shape index (κ3) is 3.01. The summed E-state index contributed by atoms with van der Waals surface area (Å²) in [5, 5.41) is 3.65. The standard InChI is InChI=1S/C15H21Br2NO/c1-5-19-13-8-12(15(13,3)4)18-14-10(16)6-9(2)7-11(14)17/h6-7,12-13,18H,5,8H2,1-4H3. The molecule has 1 aliphatic rings. The summed E-state index contributed by atoms with van der Waals surface area (Å²) in [6, 6.07) is 4.72. The van der Waals surface area contributed by atoms with E-state index in [-0.39, 0.29) is 5.41 Å². The van der Waals surface area contributed by atoms with Crippen LogP contribution in [-0.2, 0) is 4.74 Å². The smallest absolute Gasteiger partial charge is 0.0665 e. The molecule has 4 heteroatoms. The number of hydrogen-bond donors (Lipinski definition) is 1. The molecule has 2 unspecified atom stereocenters. The van der Waals surface area contributed by atoms with Gasteiger partial charge in [0.2, 0.25) is 0 Å². The zero-order valence-electron chi connectivity index (χ0n) is 11.9. The fourth-order valence-corrected chi connectivity index (χ4v) is 4.27. The Bertz CT molecular complexity index is 450. The molecule has 19 heavy (non-hydrogen) atoms. The first kappa shape index (κ1) is 15.3. The third-order valence-electron chi connectivity index (χ3n) is 4.05. The van der Waals surface area contributed by atoms with Crippen molar-refractivity contribution in [1.82, 2.24) is 0 Å². The van der Waals surface area contributed by atoms with Gasteiger partial charge in [-0.05, 0) is 69.8 Å². The summed E-state index contributed by atoms with van der Waals surface area (Å²) in [5.41, 5.74) is 2.54. The lowest BCUT2D eigenvalue weighted by atomic mass is 9.64. The van der Waals surface area contributed by atoms with Crippen LogP contribution in [0.4, 0.5) is 5.69 Å². The molecule has 0 heterocycles. The van der Waals surface area contributed by atoms with Crippen LogP contribution < -0.4 is 5.32 Å². The van der Waals surface area contributed by atoms with Crippen LogP contribution in [0.25, 0.3) is 0 Å². The molecular formula is C15H21Br2NO. The monoisotopic (exact) mass is 389 g/mol. The number of rotatable bonds is 4. The molecule has 1 N–H and O–H groups in total. The lowest BCUT2D eigenvalue weighted by molar-refractivity contribution is -0.0976. The third-order valence-corrected chi connectivity index (χ3v) is 5.30. The van der Waals surface area contributed by atoms with Crippen LogP contribution in [0, 0.1) is 12.3 Å². The molecule has 0 aromatic heterocycles. The van der Waals surface area contributed by atoms with Gasteiger partial charge in [-0.3, -0.25) is 0 Å². The Hall–Kier alpha value is -0.0600. The molecule has 0 aliphatic heterocycles. The number of nitrogens with one attached hydrogen (secondary N) is 1. The summed E-state index contributed by atoms with van der Waals surface area (Å²) in [6.45, 7) is 9.48. The van der Waals surface area contributed by atoms with Gasteiger partial charge >= 0.3 is 0 Å². The maximum absolute atomic E-state index is 5.78. The van der Waals surface area contributed by atoms with E-state index in [2.05, 4.69) is 77.0 Å². The van der Waals surface area contributed by atoms with Gasteiger partial charge in [0, 0.05) is 27.0 Å². The summed E-state index contributed by atoms with van der Waals surface area (Å²) in [5.74, 6) is 0. The molecule has 106 valence electrons. The Kier molecular flexibility index (Phi) is 4.63. The highest BCUT2D eigenvalue weighted by molar-refractivity contribution is 9.11. The van der Waals surface area contributed by atoms with Gasteiger partial charge in [-0.2, -0.15) is 0 Å². The van der Waals surface area contributed by atoms with Crippen molar-refractivity contribution in [1.29, 1.82) is 0 Å². The summed E-state index contributed by atoms with van der Waals surface area (Å²) >= 11 is 7.28. The quantitative estimate of drug-likeness (QED) is 0.768. The summed E-state index contributed by atoms with van der Waals surface area (Å²) in [4.78, 5) is 0. The first-order valence-electron chi connectivity index (χ1n) is 6.70. The number of halogens is 2. The molecule has 2 atom stereocenters. The van der Waals surface area contributed by atoms with Gasteiger partial charge in [-0.25, -0.2) is 0 Å². The normalized spacial score (nSPS) is 24.9. The van der Waals surface area contributed by atoms with Crippen LogP contribution in [0.3, 0.4) is 0 Å². The van der Waals surface area contributed by atoms with E-state index in [0.29, 0.717) is 12.1 Å². The van der Waals surface area contributed by atoms with E-state index in [9.17, 15) is 0 Å². The molecule has 1 saturated carbocycles. The molecule has 0 saturated heterocycles. The predicted octanol–water partition coefficient (Wildman–Crippen LogP) is 5.14. The average Bonchev–Trinajstić information content (AvgIpc) is 2.30. The van der Waals surface area contributed by atoms with E-state index >= 15 is 0 Å². The number of anilines is 1. The second kappa shape index (κ2) is 5.74. The molecule has 1 aromatic carbocycles. The van der Waals surface area contributed by atoms with Crippen molar-refractivity contribution in [2.75, 3.05) is 11.9 Å². The van der Waals surface area contributed by atoms with Gasteiger partial charge in [-0.15, -0.1) is 0 Å². The van der Waals surface area contributed by atoms with E-state index in [1.807, 2.05) is 0 Å². The highest BCUT2D eigenvalue weighted by atomic mass is 79.9. The van der Waals surface area contributed by atoms with Crippen LogP contribution in [0.5, 0.6) is 0 Å². The number of ether oxygens (including phenoxy) is 1. The molecule has 0 spiro atoms. The van der Waals surface area contributed by atoms with Gasteiger partial charge in [0.05, 0.1) is 11.8 Å². The first-order chi connectivity index (χ1) is 8.86. The highest BCUT2D eigenvalue weighted by Gasteiger charge is 2.49. The van der Waals surface area contributed by atoms with E-state index < -0.39 is 0 Å². The van der Waals surface area contributed by atoms with Crippen molar-refractivity contribution >= 4 is 37.5 Å². The second-order valence-electron chi connectivity index (χ2n) is 5.80. The fraction of sp³-hybridized carbons (Fsp3) is 0.600. The van der Waals surface area contributed by atoms with Gasteiger partial charge in [-0.1, -0.05) is 13.8 Å². The lowest BCUT2D eigenvalue weighted by Crippen LogP contribution is -2.58. The minimum atomic E-state index is 0.166. The van der Waals surface area contributed by atoms with Crippen LogP contribution in [0.15, 0.2) is 21.1 Å². The zero-order valence-corrected chi connectivity index (χ0v) is 15.1. The Morgan fingerprint density at radius 3 is 2.37 bits per heavy atom. The summed E-state index contributed by atoms with van der Waals surface area (Å²) in [6.07, 6.45) is 1.42. The number of benzene rings is 1. The SMILES string of the molecule is CCOC1CC(Nc2c(Br)cc(C)cc2Br)C1(C)C. The Balaban J connectivity index is 2.12. The van der Waals surface area contributed by atoms with Crippen molar-refractivity contribution in [2.24, 2.45) is 5.41 Å². The molecule has 2 rings (SSSR count). The van der Waals surface area contributed by atoms with E-state index in [4.69, 9.17) is 4.74 Å². The molecular weight excluding hydrogens is 370 g/mol. The maximum atomic E-state index is 5.78. The topological polar surface area (TPSA) is 21.3 Å². The van der Waals surface area contributed by atoms with Crippen molar-refractivity contribution in [2.45, 2.75) is 46.3 Å². The van der Waals surface area contributed by atoms with Crippen LogP contribution in [0.2, 0.25) is 0 Å². The van der Waals surface area contributed by atoms with Crippen LogP contribution in [0.1, 0.15) is 32.8 Å². The maximum Gasteiger partial charge on any atom is 0.0665 e. The number of aryl methyl sites for hydroxylation is 1. The van der Waals surface area contributed by atoms with Crippen LogP contribution in [-0.4, -0.2) is 18.8 Å². The summed E-state index contributed by atoms with van der Waals surface area (Å²) in [7, 11) is 0. The minimum absolute atomic E-state index is 0.166. The Morgan fingerprint density at radius 2 is 1.89 bits per heavy atom. The highest BCUT2D eigenvalue weighted by Crippen LogP contribution is 2.46. The molecule has 1 aromatic rings. The van der Waals surface area contributed by atoms with Crippen molar-refractivity contribution < 1.29 is 4.74 Å². The molecule has 2 nitrogen and oxygen atoms in total. The number of hydrogen-bond acceptors (Lipinski definition) is 2. The van der Waals surface area contributed by atoms with Gasteiger partial charge in [0.25, 0.3) is 0 Å². The first-order valence-corrected chi connectivity index (χ1v) is 8.28. The largest absolute Gasteiger partial charge is 0.380 e. The van der Waals surface area contributed by atoms with Crippen molar-refractivity contribution in [3.05, 3.63) is 26.6 Å². The molecule has 1 fully saturated rings. The second-order valence-corrected chi connectivity index (χ2v) is 7.51. The van der Waals surface area contributed by atoms with Gasteiger partial charge in [0.1, 0.15) is 0 Å². The molecule has 0 bridgehead atoms. The van der Waals surface area contributed by atoms with E-state index in [1.54, 1.807) is 0 Å². The van der Waals surface area contributed by atoms with Crippen molar-refractivity contribution in [3.63, 3.8) is 0 Å². The van der Waals surface area contributed by atoms with E-state index in [1.165, 1.54) is 5.56 Å². The van der Waals surface area contributed by atoms with Gasteiger partial charge < -0.3 is 10.1 Å². The van der Waals surface area contributed by atoms with Crippen LogP contribution >= 0.6 is 31.9 Å². The fourth-order valence-electron chi connectivity index (χ4n) is 2.63. The Labute approximate surface area is 132 Å². The average molecular weight is 391 g/mol. The predicted molar refractivity (Wildman–Crippen MR) is 87.8 cm³/mol. The van der Waals surface area contributed by atoms with Crippen molar-refractivity contribution in [3.8, 4) is 0 Å². The minimum Gasteiger partial charge on any atom is -0.380 e. The molecule has 1 aliphatic carbocycles. The lowest BCUT2D eigenvalue weighted by Gasteiger charge is -2.52. The molecule has 0 radical (unpaired) electrons. The Morgan fingerprint density at radius 1 is 1.32 bits per heavy atom.